The van der Waals surface area contributed by atoms with Crippen LogP contribution in [0.5, 0.6) is 0 Å². The van der Waals surface area contributed by atoms with Crippen molar-refractivity contribution in [2.45, 2.75) is 20.3 Å². The van der Waals surface area contributed by atoms with Gasteiger partial charge in [0.2, 0.25) is 0 Å². The quantitative estimate of drug-likeness (QED) is 0.605. The highest BCUT2D eigenvalue weighted by Gasteiger charge is 2.24. The average molecular weight is 383 g/mol. The highest BCUT2D eigenvalue weighted by Crippen LogP contribution is 2.39. The lowest BCUT2D eigenvalue weighted by Crippen LogP contribution is -2.04. The van der Waals surface area contributed by atoms with Crippen molar-refractivity contribution in [1.29, 1.82) is 5.26 Å². The molecule has 0 amide bonds. The summed E-state index contributed by atoms with van der Waals surface area (Å²) < 4.78 is 5.19. The highest BCUT2D eigenvalue weighted by atomic mass is 32.1. The van der Waals surface area contributed by atoms with Gasteiger partial charge in [-0.1, -0.05) is 31.2 Å². The van der Waals surface area contributed by atoms with Gasteiger partial charge in [0, 0.05) is 10.4 Å². The van der Waals surface area contributed by atoms with Crippen molar-refractivity contribution in [3.63, 3.8) is 0 Å². The normalized spacial score (nSPS) is 10.5. The van der Waals surface area contributed by atoms with E-state index in [2.05, 4.69) is 6.07 Å². The number of hydrogen-bond donors (Lipinski definition) is 1. The van der Waals surface area contributed by atoms with Crippen LogP contribution >= 0.6 is 22.7 Å². The standard InChI is InChI=1S/C20H18N2O2S2/c1-3-16-14(11-21)17(19(26-16)20(23)24-4-2)12-5-7-13(8-6-12)18-15(22)9-10-25-18/h5-10H,3-4,22H2,1-2H3. The summed E-state index contributed by atoms with van der Waals surface area (Å²) in [6.07, 6.45) is 0.698. The lowest BCUT2D eigenvalue weighted by molar-refractivity contribution is 0.0533. The van der Waals surface area contributed by atoms with E-state index in [-0.39, 0.29) is 5.97 Å². The predicted molar refractivity (Wildman–Crippen MR) is 108 cm³/mol. The van der Waals surface area contributed by atoms with Crippen LogP contribution in [-0.2, 0) is 11.2 Å². The third-order valence-corrected chi connectivity index (χ3v) is 6.30. The van der Waals surface area contributed by atoms with Gasteiger partial charge in [-0.15, -0.1) is 22.7 Å². The second-order valence-electron chi connectivity index (χ2n) is 5.57. The van der Waals surface area contributed by atoms with Crippen LogP contribution in [0.4, 0.5) is 5.69 Å². The first kappa shape index (κ1) is 18.2. The summed E-state index contributed by atoms with van der Waals surface area (Å²) in [5.41, 5.74) is 9.81. The molecule has 0 aliphatic carbocycles. The molecule has 0 unspecified atom stereocenters. The number of anilines is 1. The van der Waals surface area contributed by atoms with E-state index in [1.165, 1.54) is 11.3 Å². The maximum atomic E-state index is 12.4. The van der Waals surface area contributed by atoms with Gasteiger partial charge in [-0.2, -0.15) is 5.26 Å². The Balaban J connectivity index is 2.11. The van der Waals surface area contributed by atoms with Gasteiger partial charge in [0.25, 0.3) is 0 Å². The number of aryl methyl sites for hydroxylation is 1. The number of thiophene rings is 2. The number of ether oxygens (including phenoxy) is 1. The third-order valence-electron chi connectivity index (χ3n) is 4.01. The van der Waals surface area contributed by atoms with Gasteiger partial charge in [0.05, 0.1) is 22.7 Å². The first-order chi connectivity index (χ1) is 12.6. The van der Waals surface area contributed by atoms with Crippen LogP contribution in [0.3, 0.4) is 0 Å². The Hall–Kier alpha value is -2.62. The molecule has 0 aliphatic rings. The molecule has 3 aromatic rings. The van der Waals surface area contributed by atoms with E-state index in [0.717, 1.165) is 26.6 Å². The van der Waals surface area contributed by atoms with Gasteiger partial charge in [0.1, 0.15) is 10.9 Å². The molecular weight excluding hydrogens is 364 g/mol. The summed E-state index contributed by atoms with van der Waals surface area (Å²) >= 11 is 2.93. The van der Waals surface area contributed by atoms with E-state index in [4.69, 9.17) is 10.5 Å². The smallest absolute Gasteiger partial charge is 0.348 e. The van der Waals surface area contributed by atoms with Crippen molar-refractivity contribution < 1.29 is 9.53 Å². The number of hydrogen-bond acceptors (Lipinski definition) is 6. The number of benzene rings is 1. The molecule has 0 saturated heterocycles. The molecule has 2 N–H and O–H groups in total. The van der Waals surface area contributed by atoms with E-state index >= 15 is 0 Å². The first-order valence-electron chi connectivity index (χ1n) is 8.27. The zero-order chi connectivity index (χ0) is 18.7. The molecule has 0 radical (unpaired) electrons. The summed E-state index contributed by atoms with van der Waals surface area (Å²) in [5.74, 6) is -0.379. The molecule has 6 heteroatoms. The largest absolute Gasteiger partial charge is 0.462 e. The lowest BCUT2D eigenvalue weighted by Gasteiger charge is -2.07. The molecule has 0 atom stereocenters. The SMILES string of the molecule is CCOC(=O)c1sc(CC)c(C#N)c1-c1ccc(-c2sccc2N)cc1. The number of rotatable bonds is 5. The molecule has 1 aromatic carbocycles. The molecule has 3 rings (SSSR count). The van der Waals surface area contributed by atoms with Crippen LogP contribution < -0.4 is 5.73 Å². The van der Waals surface area contributed by atoms with Crippen molar-refractivity contribution in [3.05, 3.63) is 51.0 Å². The van der Waals surface area contributed by atoms with Gasteiger partial charge >= 0.3 is 5.97 Å². The van der Waals surface area contributed by atoms with Crippen LogP contribution in [0, 0.1) is 11.3 Å². The molecule has 2 aromatic heterocycles. The molecule has 26 heavy (non-hydrogen) atoms. The third kappa shape index (κ3) is 3.24. The summed E-state index contributed by atoms with van der Waals surface area (Å²) in [6, 6.07) is 11.9. The Morgan fingerprint density at radius 1 is 1.19 bits per heavy atom. The minimum atomic E-state index is -0.379. The molecule has 132 valence electrons. The summed E-state index contributed by atoms with van der Waals surface area (Å²) in [5, 5.41) is 11.6. The second kappa shape index (κ2) is 7.73. The average Bonchev–Trinajstić information content (AvgIpc) is 3.25. The number of nitriles is 1. The van der Waals surface area contributed by atoms with Crippen LogP contribution in [-0.4, -0.2) is 12.6 Å². The molecule has 2 heterocycles. The molecule has 0 fully saturated rings. The van der Waals surface area contributed by atoms with E-state index in [0.29, 0.717) is 29.0 Å². The highest BCUT2D eigenvalue weighted by molar-refractivity contribution is 7.15. The van der Waals surface area contributed by atoms with Crippen LogP contribution in [0.1, 0.15) is 34.0 Å². The summed E-state index contributed by atoms with van der Waals surface area (Å²) in [6.45, 7) is 4.06. The van der Waals surface area contributed by atoms with Crippen molar-refractivity contribution in [1.82, 2.24) is 0 Å². The van der Waals surface area contributed by atoms with Gasteiger partial charge in [-0.3, -0.25) is 0 Å². The van der Waals surface area contributed by atoms with Crippen molar-refractivity contribution in [2.75, 3.05) is 12.3 Å². The maximum absolute atomic E-state index is 12.4. The Bertz CT molecular complexity index is 978. The van der Waals surface area contributed by atoms with E-state index in [9.17, 15) is 10.1 Å². The van der Waals surface area contributed by atoms with Gasteiger partial charge in [-0.25, -0.2) is 4.79 Å². The van der Waals surface area contributed by atoms with E-state index in [1.807, 2.05) is 42.6 Å². The second-order valence-corrected chi connectivity index (χ2v) is 7.59. The Kier molecular flexibility index (Phi) is 5.40. The van der Waals surface area contributed by atoms with Crippen LogP contribution in [0.15, 0.2) is 35.7 Å². The Labute approximate surface area is 160 Å². The number of nitrogens with two attached hydrogens (primary N) is 1. The fourth-order valence-corrected chi connectivity index (χ4v) is 4.74. The monoisotopic (exact) mass is 382 g/mol. The first-order valence-corrected chi connectivity index (χ1v) is 9.96. The molecule has 4 nitrogen and oxygen atoms in total. The Morgan fingerprint density at radius 2 is 1.88 bits per heavy atom. The Morgan fingerprint density at radius 3 is 2.42 bits per heavy atom. The summed E-state index contributed by atoms with van der Waals surface area (Å²) in [7, 11) is 0. The van der Waals surface area contributed by atoms with Crippen molar-refractivity contribution >= 4 is 34.3 Å². The van der Waals surface area contributed by atoms with Gasteiger partial charge < -0.3 is 10.5 Å². The maximum Gasteiger partial charge on any atom is 0.348 e. The van der Waals surface area contributed by atoms with Crippen LogP contribution in [0.2, 0.25) is 0 Å². The molecular formula is C20H18N2O2S2. The zero-order valence-corrected chi connectivity index (χ0v) is 16.2. The van der Waals surface area contributed by atoms with Gasteiger partial charge in [0.15, 0.2) is 0 Å². The fourth-order valence-electron chi connectivity index (χ4n) is 2.80. The number of nitrogens with zero attached hydrogens (tertiary/aromatic N) is 1. The molecule has 0 saturated carbocycles. The van der Waals surface area contributed by atoms with E-state index in [1.54, 1.807) is 18.3 Å². The number of carbonyl (C=O) groups excluding carboxylic acids is 1. The number of esters is 1. The van der Waals surface area contributed by atoms with Gasteiger partial charge in [-0.05, 0) is 35.9 Å². The molecule has 0 bridgehead atoms. The van der Waals surface area contributed by atoms with Crippen molar-refractivity contribution in [3.8, 4) is 27.6 Å². The molecule has 0 aliphatic heterocycles. The fraction of sp³-hybridized carbons (Fsp3) is 0.200. The minimum Gasteiger partial charge on any atom is -0.462 e. The lowest BCUT2D eigenvalue weighted by atomic mass is 9.98. The minimum absolute atomic E-state index is 0.302. The predicted octanol–water partition coefficient (Wildman–Crippen LogP) is 5.34. The van der Waals surface area contributed by atoms with Crippen molar-refractivity contribution in [2.24, 2.45) is 0 Å². The topological polar surface area (TPSA) is 76.1 Å². The van der Waals surface area contributed by atoms with E-state index < -0.39 is 0 Å². The number of nitrogen functional groups attached to an aromatic ring is 1. The summed E-state index contributed by atoms with van der Waals surface area (Å²) in [4.78, 5) is 14.8. The zero-order valence-electron chi connectivity index (χ0n) is 14.5. The molecule has 0 spiro atoms. The number of carbonyl (C=O) groups is 1. The van der Waals surface area contributed by atoms with Crippen LogP contribution in [0.25, 0.3) is 21.6 Å².